The van der Waals surface area contributed by atoms with Crippen molar-refractivity contribution < 1.29 is 26.3 Å². The molecule has 0 amide bonds. The van der Waals surface area contributed by atoms with Crippen LogP contribution in [-0.2, 0) is 16.2 Å². The topological polar surface area (TPSA) is 81.2 Å². The Kier molecular flexibility index (Phi) is 4.49. The maximum absolute atomic E-state index is 12.4. The monoisotopic (exact) mass is 373 g/mol. The molecule has 0 fully saturated rings. The Hall–Kier alpha value is -1.59. The SMILES string of the molecule is COc1ccc(S(=O)(=O)Nc2nnc(C(F)(F)F)s2)cc1Cl. The van der Waals surface area contributed by atoms with Gasteiger partial charge < -0.3 is 4.74 Å². The van der Waals surface area contributed by atoms with Gasteiger partial charge in [0.1, 0.15) is 5.75 Å². The van der Waals surface area contributed by atoms with Gasteiger partial charge in [-0.15, -0.1) is 10.2 Å². The van der Waals surface area contributed by atoms with Gasteiger partial charge in [0.2, 0.25) is 10.1 Å². The number of benzene rings is 1. The standard InChI is InChI=1S/C10H7ClF3N3O3S2/c1-20-7-3-2-5(4-6(7)11)22(18,19)17-9-16-15-8(21-9)10(12,13)14/h2-4H,1H3,(H,16,17). The summed E-state index contributed by atoms with van der Waals surface area (Å²) in [6, 6.07) is 3.62. The summed E-state index contributed by atoms with van der Waals surface area (Å²) in [5.74, 6) is 0.260. The summed E-state index contributed by atoms with van der Waals surface area (Å²) < 4.78 is 68.1. The predicted octanol–water partition coefficient (Wildman–Crippen LogP) is 3.02. The van der Waals surface area contributed by atoms with Crippen molar-refractivity contribution in [3.63, 3.8) is 0 Å². The van der Waals surface area contributed by atoms with E-state index in [1.165, 1.54) is 19.2 Å². The number of sulfonamides is 1. The Morgan fingerprint density at radius 1 is 1.32 bits per heavy atom. The lowest BCUT2D eigenvalue weighted by molar-refractivity contribution is -0.138. The molecule has 0 radical (unpaired) electrons. The molecule has 0 bridgehead atoms. The van der Waals surface area contributed by atoms with E-state index in [0.29, 0.717) is 0 Å². The van der Waals surface area contributed by atoms with Crippen LogP contribution in [0.4, 0.5) is 18.3 Å². The first-order valence-electron chi connectivity index (χ1n) is 5.40. The van der Waals surface area contributed by atoms with Crippen molar-refractivity contribution in [2.45, 2.75) is 11.1 Å². The van der Waals surface area contributed by atoms with Gasteiger partial charge in [-0.1, -0.05) is 22.9 Å². The molecule has 0 saturated heterocycles. The van der Waals surface area contributed by atoms with Gasteiger partial charge in [-0.25, -0.2) is 8.42 Å². The minimum atomic E-state index is -4.69. The zero-order valence-electron chi connectivity index (χ0n) is 10.7. The van der Waals surface area contributed by atoms with Gasteiger partial charge in [-0.2, -0.15) is 13.2 Å². The molecule has 2 aromatic rings. The number of anilines is 1. The normalized spacial score (nSPS) is 12.2. The first kappa shape index (κ1) is 16.8. The van der Waals surface area contributed by atoms with E-state index in [0.717, 1.165) is 6.07 Å². The molecule has 120 valence electrons. The summed E-state index contributed by atoms with van der Waals surface area (Å²) in [5, 5.41) is 4.32. The zero-order valence-corrected chi connectivity index (χ0v) is 13.1. The lowest BCUT2D eigenvalue weighted by Gasteiger charge is -2.07. The molecule has 12 heteroatoms. The molecular weight excluding hydrogens is 367 g/mol. The minimum absolute atomic E-state index is 0.0404. The van der Waals surface area contributed by atoms with Gasteiger partial charge in [-0.05, 0) is 18.2 Å². The molecule has 1 aromatic carbocycles. The number of methoxy groups -OCH3 is 1. The summed E-state index contributed by atoms with van der Waals surface area (Å²) in [7, 11) is -2.79. The van der Waals surface area contributed by atoms with Gasteiger partial charge in [0.25, 0.3) is 10.0 Å². The van der Waals surface area contributed by atoms with E-state index in [2.05, 4.69) is 10.2 Å². The summed E-state index contributed by atoms with van der Waals surface area (Å²) in [5.41, 5.74) is 0. The molecule has 6 nitrogen and oxygen atoms in total. The van der Waals surface area contributed by atoms with E-state index in [1.54, 1.807) is 0 Å². The fourth-order valence-electron chi connectivity index (χ4n) is 1.37. The fourth-order valence-corrected chi connectivity index (χ4v) is 3.56. The molecule has 0 aliphatic carbocycles. The summed E-state index contributed by atoms with van der Waals surface area (Å²) in [6.07, 6.45) is -4.69. The van der Waals surface area contributed by atoms with E-state index in [4.69, 9.17) is 16.3 Å². The average Bonchev–Trinajstić information content (AvgIpc) is 2.86. The number of nitrogens with one attached hydrogen (secondary N) is 1. The zero-order chi connectivity index (χ0) is 16.5. The summed E-state index contributed by atoms with van der Waals surface area (Å²) in [4.78, 5) is -0.248. The van der Waals surface area contributed by atoms with Crippen LogP contribution >= 0.6 is 22.9 Å². The van der Waals surface area contributed by atoms with Crippen LogP contribution in [0.3, 0.4) is 0 Å². The van der Waals surface area contributed by atoms with Crippen LogP contribution in [-0.4, -0.2) is 25.7 Å². The van der Waals surface area contributed by atoms with E-state index in [9.17, 15) is 21.6 Å². The van der Waals surface area contributed by atoms with Crippen LogP contribution in [0.15, 0.2) is 23.1 Å². The molecule has 1 heterocycles. The Labute approximate surface area is 131 Å². The quantitative estimate of drug-likeness (QED) is 0.891. The van der Waals surface area contributed by atoms with Crippen molar-refractivity contribution >= 4 is 38.1 Å². The van der Waals surface area contributed by atoms with Crippen LogP contribution < -0.4 is 9.46 Å². The van der Waals surface area contributed by atoms with Crippen molar-refractivity contribution in [3.8, 4) is 5.75 Å². The number of hydrogen-bond donors (Lipinski definition) is 1. The highest BCUT2D eigenvalue weighted by molar-refractivity contribution is 7.93. The van der Waals surface area contributed by atoms with E-state index in [-0.39, 0.29) is 27.0 Å². The number of alkyl halides is 3. The second-order valence-electron chi connectivity index (χ2n) is 3.81. The molecule has 0 atom stereocenters. The number of rotatable bonds is 4. The Morgan fingerprint density at radius 2 is 2.00 bits per heavy atom. The molecule has 0 saturated carbocycles. The average molecular weight is 374 g/mol. The molecule has 0 aliphatic rings. The molecule has 22 heavy (non-hydrogen) atoms. The fraction of sp³-hybridized carbons (Fsp3) is 0.200. The largest absolute Gasteiger partial charge is 0.495 e. The van der Waals surface area contributed by atoms with Crippen LogP contribution in [0.5, 0.6) is 5.75 Å². The lowest BCUT2D eigenvalue weighted by Crippen LogP contribution is -2.12. The van der Waals surface area contributed by atoms with Crippen LogP contribution in [0.25, 0.3) is 0 Å². The van der Waals surface area contributed by atoms with E-state index >= 15 is 0 Å². The first-order valence-corrected chi connectivity index (χ1v) is 8.08. The molecule has 0 unspecified atom stereocenters. The van der Waals surface area contributed by atoms with Crippen LogP contribution in [0.1, 0.15) is 5.01 Å². The van der Waals surface area contributed by atoms with E-state index < -0.39 is 26.3 Å². The molecule has 2 rings (SSSR count). The molecule has 0 spiro atoms. The van der Waals surface area contributed by atoms with Gasteiger partial charge in [0.05, 0.1) is 17.0 Å². The second kappa shape index (κ2) is 5.89. The highest BCUT2D eigenvalue weighted by Crippen LogP contribution is 2.34. The summed E-state index contributed by atoms with van der Waals surface area (Å²) in [6.45, 7) is 0. The number of ether oxygens (including phenoxy) is 1. The highest BCUT2D eigenvalue weighted by Gasteiger charge is 2.36. The Bertz CT molecular complexity index is 792. The predicted molar refractivity (Wildman–Crippen MR) is 73.7 cm³/mol. The summed E-state index contributed by atoms with van der Waals surface area (Å²) >= 11 is 5.89. The molecule has 1 aromatic heterocycles. The van der Waals surface area contributed by atoms with Crippen molar-refractivity contribution in [2.24, 2.45) is 0 Å². The van der Waals surface area contributed by atoms with Crippen molar-refractivity contribution in [2.75, 3.05) is 11.8 Å². The molecule has 1 N–H and O–H groups in total. The second-order valence-corrected chi connectivity index (χ2v) is 6.88. The Balaban J connectivity index is 2.28. The third kappa shape index (κ3) is 3.59. The third-order valence-electron chi connectivity index (χ3n) is 2.32. The van der Waals surface area contributed by atoms with Crippen LogP contribution in [0, 0.1) is 0 Å². The molecular formula is C10H7ClF3N3O3S2. The Morgan fingerprint density at radius 3 is 2.50 bits per heavy atom. The maximum atomic E-state index is 12.4. The number of aromatic nitrogens is 2. The van der Waals surface area contributed by atoms with Crippen molar-refractivity contribution in [1.82, 2.24) is 10.2 Å². The van der Waals surface area contributed by atoms with Crippen molar-refractivity contribution in [3.05, 3.63) is 28.2 Å². The van der Waals surface area contributed by atoms with E-state index in [1.807, 2.05) is 4.72 Å². The van der Waals surface area contributed by atoms with Gasteiger partial charge in [0, 0.05) is 0 Å². The van der Waals surface area contributed by atoms with Crippen LogP contribution in [0.2, 0.25) is 5.02 Å². The number of hydrogen-bond acceptors (Lipinski definition) is 6. The lowest BCUT2D eigenvalue weighted by atomic mass is 10.3. The van der Waals surface area contributed by atoms with Gasteiger partial charge in [-0.3, -0.25) is 4.72 Å². The van der Waals surface area contributed by atoms with Gasteiger partial charge >= 0.3 is 6.18 Å². The minimum Gasteiger partial charge on any atom is -0.495 e. The third-order valence-corrected chi connectivity index (χ3v) is 4.97. The molecule has 0 aliphatic heterocycles. The maximum Gasteiger partial charge on any atom is 0.445 e. The van der Waals surface area contributed by atoms with Crippen molar-refractivity contribution in [1.29, 1.82) is 0 Å². The smallest absolute Gasteiger partial charge is 0.445 e. The number of nitrogens with zero attached hydrogens (tertiary/aromatic N) is 2. The first-order chi connectivity index (χ1) is 10.1. The highest BCUT2D eigenvalue weighted by atomic mass is 35.5. The number of halogens is 4. The van der Waals surface area contributed by atoms with Gasteiger partial charge in [0.15, 0.2) is 0 Å².